The van der Waals surface area contributed by atoms with E-state index in [0.29, 0.717) is 18.4 Å². The second-order valence-corrected chi connectivity index (χ2v) is 9.67. The summed E-state index contributed by atoms with van der Waals surface area (Å²) in [5.41, 5.74) is 8.67. The number of rotatable bonds is 11. The molecule has 168 valence electrons. The molecule has 0 aliphatic heterocycles. The molecule has 0 radical (unpaired) electrons. The first kappa shape index (κ1) is 23.4. The average molecular weight is 441 g/mol. The smallest absolute Gasteiger partial charge is 0.209 e. The molecular formula is C24H36N6S. The highest BCUT2D eigenvalue weighted by molar-refractivity contribution is 7.98. The lowest BCUT2D eigenvalue weighted by molar-refractivity contribution is 0.549. The molecule has 3 rings (SSSR count). The van der Waals surface area contributed by atoms with Crippen molar-refractivity contribution in [1.29, 1.82) is 0 Å². The SMILES string of the molecule is CSc1cccc(Nc2nc3ccc(N(CC(C)C)CC(C)C)nc3n2CCCN)c1. The zero-order valence-corrected chi connectivity index (χ0v) is 20.2. The summed E-state index contributed by atoms with van der Waals surface area (Å²) in [6.07, 6.45) is 2.96. The molecule has 0 spiro atoms. The van der Waals surface area contributed by atoms with Crippen molar-refractivity contribution in [1.82, 2.24) is 14.5 Å². The fraction of sp³-hybridized carbons (Fsp3) is 0.500. The van der Waals surface area contributed by atoms with Gasteiger partial charge in [0.05, 0.1) is 0 Å². The third-order valence-electron chi connectivity index (χ3n) is 4.98. The summed E-state index contributed by atoms with van der Waals surface area (Å²) in [6, 6.07) is 12.6. The van der Waals surface area contributed by atoms with Crippen LogP contribution in [-0.2, 0) is 6.54 Å². The number of nitrogens with two attached hydrogens (primary N) is 1. The van der Waals surface area contributed by atoms with E-state index in [9.17, 15) is 0 Å². The first-order valence-electron chi connectivity index (χ1n) is 11.1. The Kier molecular flexibility index (Phi) is 8.21. The molecule has 0 aliphatic rings. The Balaban J connectivity index is 2.01. The van der Waals surface area contributed by atoms with Gasteiger partial charge in [-0.1, -0.05) is 33.8 Å². The third-order valence-corrected chi connectivity index (χ3v) is 5.71. The maximum Gasteiger partial charge on any atom is 0.209 e. The number of pyridine rings is 1. The minimum absolute atomic E-state index is 0.569. The van der Waals surface area contributed by atoms with Crippen molar-refractivity contribution in [3.8, 4) is 0 Å². The first-order chi connectivity index (χ1) is 14.9. The van der Waals surface area contributed by atoms with E-state index < -0.39 is 0 Å². The van der Waals surface area contributed by atoms with Crippen molar-refractivity contribution in [3.05, 3.63) is 36.4 Å². The normalized spacial score (nSPS) is 11.6. The van der Waals surface area contributed by atoms with Gasteiger partial charge in [0.15, 0.2) is 5.65 Å². The molecule has 0 amide bonds. The van der Waals surface area contributed by atoms with Crippen LogP contribution in [0.2, 0.25) is 0 Å². The van der Waals surface area contributed by atoms with Gasteiger partial charge in [-0.25, -0.2) is 9.97 Å². The van der Waals surface area contributed by atoms with Crippen molar-refractivity contribution in [2.75, 3.05) is 36.1 Å². The lowest BCUT2D eigenvalue weighted by Gasteiger charge is -2.27. The van der Waals surface area contributed by atoms with E-state index in [-0.39, 0.29) is 0 Å². The second kappa shape index (κ2) is 10.9. The van der Waals surface area contributed by atoms with E-state index >= 15 is 0 Å². The van der Waals surface area contributed by atoms with Crippen LogP contribution in [0, 0.1) is 11.8 Å². The fourth-order valence-corrected chi connectivity index (χ4v) is 4.16. The molecule has 2 aromatic heterocycles. The van der Waals surface area contributed by atoms with Crippen LogP contribution in [0.25, 0.3) is 11.2 Å². The molecule has 0 saturated carbocycles. The number of imidazole rings is 1. The second-order valence-electron chi connectivity index (χ2n) is 8.79. The lowest BCUT2D eigenvalue weighted by Crippen LogP contribution is -2.32. The highest BCUT2D eigenvalue weighted by atomic mass is 32.2. The van der Waals surface area contributed by atoms with Crippen molar-refractivity contribution in [3.63, 3.8) is 0 Å². The number of thioether (sulfide) groups is 1. The molecule has 31 heavy (non-hydrogen) atoms. The van der Waals surface area contributed by atoms with Crippen molar-refractivity contribution in [2.24, 2.45) is 17.6 Å². The standard InChI is InChI=1S/C24H36N6S/c1-17(2)15-29(16-18(3)4)22-11-10-21-23(28-22)30(13-7-12-25)24(27-21)26-19-8-6-9-20(14-19)31-5/h6,8-11,14,17-18H,7,12-13,15-16,25H2,1-5H3,(H,26,27). The number of hydrogen-bond donors (Lipinski definition) is 2. The van der Waals surface area contributed by atoms with Crippen molar-refractivity contribution >= 4 is 40.4 Å². The van der Waals surface area contributed by atoms with Crippen molar-refractivity contribution < 1.29 is 0 Å². The summed E-state index contributed by atoms with van der Waals surface area (Å²) in [4.78, 5) is 13.5. The Hall–Kier alpha value is -2.25. The van der Waals surface area contributed by atoms with Gasteiger partial charge in [0, 0.05) is 30.2 Å². The van der Waals surface area contributed by atoms with Gasteiger partial charge in [-0.3, -0.25) is 4.57 Å². The zero-order chi connectivity index (χ0) is 22.4. The Morgan fingerprint density at radius 2 is 1.81 bits per heavy atom. The number of nitrogens with one attached hydrogen (secondary N) is 1. The summed E-state index contributed by atoms with van der Waals surface area (Å²) >= 11 is 1.73. The van der Waals surface area contributed by atoms with E-state index in [4.69, 9.17) is 15.7 Å². The predicted molar refractivity (Wildman–Crippen MR) is 135 cm³/mol. The lowest BCUT2D eigenvalue weighted by atomic mass is 10.1. The zero-order valence-electron chi connectivity index (χ0n) is 19.4. The summed E-state index contributed by atoms with van der Waals surface area (Å²) in [5.74, 6) is 2.96. The monoisotopic (exact) mass is 440 g/mol. The number of nitrogens with zero attached hydrogens (tertiary/aromatic N) is 4. The Morgan fingerprint density at radius 1 is 1.06 bits per heavy atom. The number of aromatic nitrogens is 3. The predicted octanol–water partition coefficient (Wildman–Crippen LogP) is 5.36. The van der Waals surface area contributed by atoms with Gasteiger partial charge >= 0.3 is 0 Å². The van der Waals surface area contributed by atoms with Crippen LogP contribution < -0.4 is 16.0 Å². The highest BCUT2D eigenvalue weighted by Gasteiger charge is 2.17. The van der Waals surface area contributed by atoms with E-state index in [1.165, 1.54) is 4.90 Å². The number of hydrogen-bond acceptors (Lipinski definition) is 6. The van der Waals surface area contributed by atoms with Gasteiger partial charge in [-0.05, 0) is 61.4 Å². The topological polar surface area (TPSA) is 72.0 Å². The number of benzene rings is 1. The van der Waals surface area contributed by atoms with Gasteiger partial charge in [0.1, 0.15) is 11.3 Å². The number of anilines is 3. The molecule has 6 nitrogen and oxygen atoms in total. The summed E-state index contributed by atoms with van der Waals surface area (Å²) in [6.45, 7) is 12.4. The molecule has 7 heteroatoms. The van der Waals surface area contributed by atoms with Crippen LogP contribution in [0.15, 0.2) is 41.3 Å². The molecule has 0 saturated heterocycles. The molecule has 0 fully saturated rings. The maximum absolute atomic E-state index is 5.83. The molecule has 3 N–H and O–H groups in total. The fourth-order valence-electron chi connectivity index (χ4n) is 3.70. The molecule has 0 unspecified atom stereocenters. The van der Waals surface area contributed by atoms with Crippen LogP contribution >= 0.6 is 11.8 Å². The van der Waals surface area contributed by atoms with E-state index in [1.54, 1.807) is 11.8 Å². The quantitative estimate of drug-likeness (QED) is 0.391. The van der Waals surface area contributed by atoms with Crippen LogP contribution in [0.3, 0.4) is 0 Å². The van der Waals surface area contributed by atoms with Crippen LogP contribution in [0.5, 0.6) is 0 Å². The maximum atomic E-state index is 5.83. The van der Waals surface area contributed by atoms with Crippen LogP contribution in [0.4, 0.5) is 17.5 Å². The molecule has 1 aromatic carbocycles. The first-order valence-corrected chi connectivity index (χ1v) is 12.4. The van der Waals surface area contributed by atoms with Crippen LogP contribution in [0.1, 0.15) is 34.1 Å². The number of aryl methyl sites for hydroxylation is 1. The summed E-state index contributed by atoms with van der Waals surface area (Å²) in [5, 5.41) is 3.50. The molecular weight excluding hydrogens is 404 g/mol. The third kappa shape index (κ3) is 6.14. The minimum Gasteiger partial charge on any atom is -0.356 e. The van der Waals surface area contributed by atoms with E-state index in [0.717, 1.165) is 54.7 Å². The highest BCUT2D eigenvalue weighted by Crippen LogP contribution is 2.27. The minimum atomic E-state index is 0.569. The Bertz CT molecular complexity index is 971. The van der Waals surface area contributed by atoms with Gasteiger partial charge in [-0.15, -0.1) is 11.8 Å². The van der Waals surface area contributed by atoms with Crippen LogP contribution in [-0.4, -0.2) is 40.4 Å². The molecule has 3 aromatic rings. The summed E-state index contributed by atoms with van der Waals surface area (Å²) in [7, 11) is 0. The average Bonchev–Trinajstić information content (AvgIpc) is 3.07. The van der Waals surface area contributed by atoms with Gasteiger partial charge in [0.2, 0.25) is 5.95 Å². The molecule has 2 heterocycles. The van der Waals surface area contributed by atoms with Gasteiger partial charge in [0.25, 0.3) is 0 Å². The Morgan fingerprint density at radius 3 is 2.45 bits per heavy atom. The largest absolute Gasteiger partial charge is 0.356 e. The molecule has 0 aliphatic carbocycles. The van der Waals surface area contributed by atoms with E-state index in [2.05, 4.69) is 85.1 Å². The van der Waals surface area contributed by atoms with Crippen molar-refractivity contribution in [2.45, 2.75) is 45.6 Å². The van der Waals surface area contributed by atoms with Gasteiger partial charge in [-0.2, -0.15) is 0 Å². The van der Waals surface area contributed by atoms with E-state index in [1.807, 2.05) is 0 Å². The van der Waals surface area contributed by atoms with Gasteiger partial charge < -0.3 is 16.0 Å². The number of fused-ring (bicyclic) bond motifs is 1. The molecule has 0 atom stereocenters. The Labute approximate surface area is 190 Å². The molecule has 0 bridgehead atoms. The summed E-state index contributed by atoms with van der Waals surface area (Å²) < 4.78 is 2.17.